The Bertz CT molecular complexity index is 672. The van der Waals surface area contributed by atoms with Crippen molar-refractivity contribution in [1.82, 2.24) is 0 Å². The molecule has 0 amide bonds. The van der Waals surface area contributed by atoms with E-state index >= 15 is 0 Å². The fourth-order valence-corrected chi connectivity index (χ4v) is 3.81. The summed E-state index contributed by atoms with van der Waals surface area (Å²) in [5.74, 6) is 0. The SMILES string of the molecule is FC(F)(F)c1cccc(SC2COC(c3ccc(Cl)cc3)C2)c1. The van der Waals surface area contributed by atoms with Gasteiger partial charge in [0.15, 0.2) is 0 Å². The summed E-state index contributed by atoms with van der Waals surface area (Å²) in [4.78, 5) is 0.616. The van der Waals surface area contributed by atoms with Gasteiger partial charge in [0.2, 0.25) is 0 Å². The lowest BCUT2D eigenvalue weighted by atomic mass is 10.1. The highest BCUT2D eigenvalue weighted by molar-refractivity contribution is 8.00. The summed E-state index contributed by atoms with van der Waals surface area (Å²) < 4.78 is 44.0. The molecule has 1 nitrogen and oxygen atoms in total. The maximum atomic E-state index is 12.8. The minimum atomic E-state index is -4.31. The van der Waals surface area contributed by atoms with Crippen molar-refractivity contribution in [2.75, 3.05) is 6.61 Å². The van der Waals surface area contributed by atoms with Crippen molar-refractivity contribution >= 4 is 23.4 Å². The Balaban J connectivity index is 1.65. The van der Waals surface area contributed by atoms with E-state index in [9.17, 15) is 13.2 Å². The number of benzene rings is 2. The van der Waals surface area contributed by atoms with E-state index in [1.54, 1.807) is 6.07 Å². The van der Waals surface area contributed by atoms with Gasteiger partial charge >= 0.3 is 6.18 Å². The number of alkyl halides is 3. The highest BCUT2D eigenvalue weighted by Gasteiger charge is 2.31. The first-order chi connectivity index (χ1) is 10.9. The predicted octanol–water partition coefficient (Wildman–Crippen LogP) is 5.98. The van der Waals surface area contributed by atoms with Gasteiger partial charge in [0, 0.05) is 15.2 Å². The third-order valence-electron chi connectivity index (χ3n) is 3.67. The maximum Gasteiger partial charge on any atom is 0.416 e. The summed E-state index contributed by atoms with van der Waals surface area (Å²) in [6.07, 6.45) is -3.58. The van der Waals surface area contributed by atoms with Crippen LogP contribution < -0.4 is 0 Å². The lowest BCUT2D eigenvalue weighted by molar-refractivity contribution is -0.137. The second-order valence-corrected chi connectivity index (χ2v) is 7.18. The molecule has 0 N–H and O–H groups in total. The number of hydrogen-bond donors (Lipinski definition) is 0. The monoisotopic (exact) mass is 358 g/mol. The fraction of sp³-hybridized carbons (Fsp3) is 0.294. The van der Waals surface area contributed by atoms with E-state index in [0.29, 0.717) is 16.5 Å². The van der Waals surface area contributed by atoms with Gasteiger partial charge < -0.3 is 4.74 Å². The zero-order chi connectivity index (χ0) is 16.4. The van der Waals surface area contributed by atoms with Crippen LogP contribution in [-0.4, -0.2) is 11.9 Å². The Morgan fingerprint density at radius 2 is 1.83 bits per heavy atom. The number of hydrogen-bond acceptors (Lipinski definition) is 2. The van der Waals surface area contributed by atoms with Crippen LogP contribution >= 0.6 is 23.4 Å². The molecule has 1 saturated heterocycles. The summed E-state index contributed by atoms with van der Waals surface area (Å²) in [6, 6.07) is 12.9. The van der Waals surface area contributed by atoms with Crippen LogP contribution in [0.15, 0.2) is 53.4 Å². The molecule has 0 aromatic heterocycles. The van der Waals surface area contributed by atoms with E-state index in [2.05, 4.69) is 0 Å². The van der Waals surface area contributed by atoms with Crippen LogP contribution in [-0.2, 0) is 10.9 Å². The standard InChI is InChI=1S/C17H14ClF3OS/c18-13-6-4-11(5-7-13)16-9-15(10-22-16)23-14-3-1-2-12(8-14)17(19,20)21/h1-8,15-16H,9-10H2. The molecular weight excluding hydrogens is 345 g/mol. The van der Waals surface area contributed by atoms with Crippen molar-refractivity contribution in [3.8, 4) is 0 Å². The van der Waals surface area contributed by atoms with Crippen LogP contribution in [0.5, 0.6) is 0 Å². The van der Waals surface area contributed by atoms with Gasteiger partial charge in [-0.3, -0.25) is 0 Å². The highest BCUT2D eigenvalue weighted by atomic mass is 35.5. The van der Waals surface area contributed by atoms with Gasteiger partial charge in [-0.25, -0.2) is 0 Å². The van der Waals surface area contributed by atoms with Crippen LogP contribution in [0.4, 0.5) is 13.2 Å². The normalized spacial score (nSPS) is 21.6. The Morgan fingerprint density at radius 1 is 1.09 bits per heavy atom. The average Bonchev–Trinajstić information content (AvgIpc) is 2.96. The molecule has 0 spiro atoms. The van der Waals surface area contributed by atoms with Crippen molar-refractivity contribution in [2.45, 2.75) is 28.8 Å². The zero-order valence-corrected chi connectivity index (χ0v) is 13.6. The quantitative estimate of drug-likeness (QED) is 0.667. The van der Waals surface area contributed by atoms with Gasteiger partial charge in [0.25, 0.3) is 0 Å². The molecule has 1 aliphatic rings. The highest BCUT2D eigenvalue weighted by Crippen LogP contribution is 2.39. The van der Waals surface area contributed by atoms with Crippen LogP contribution in [0.3, 0.4) is 0 Å². The molecule has 2 unspecified atom stereocenters. The second kappa shape index (κ2) is 6.75. The molecule has 1 heterocycles. The lowest BCUT2D eigenvalue weighted by Gasteiger charge is -2.11. The summed E-state index contributed by atoms with van der Waals surface area (Å²) >= 11 is 7.30. The Labute approximate surface area is 141 Å². The topological polar surface area (TPSA) is 9.23 Å². The van der Waals surface area contributed by atoms with Crippen molar-refractivity contribution in [3.05, 3.63) is 64.7 Å². The summed E-state index contributed by atoms with van der Waals surface area (Å²) in [5.41, 5.74) is 0.428. The van der Waals surface area contributed by atoms with Gasteiger partial charge in [0.05, 0.1) is 18.3 Å². The molecule has 6 heteroatoms. The molecule has 0 saturated carbocycles. The average molecular weight is 359 g/mol. The molecule has 0 bridgehead atoms. The Kier molecular flexibility index (Phi) is 4.90. The summed E-state index contributed by atoms with van der Waals surface area (Å²) in [5, 5.41) is 0.806. The molecule has 1 fully saturated rings. The van der Waals surface area contributed by atoms with Gasteiger partial charge in [-0.15, -0.1) is 11.8 Å². The van der Waals surface area contributed by atoms with Crippen LogP contribution in [0, 0.1) is 0 Å². The summed E-state index contributed by atoms with van der Waals surface area (Å²) in [6.45, 7) is 0.522. The van der Waals surface area contributed by atoms with Crippen LogP contribution in [0.1, 0.15) is 23.7 Å². The van der Waals surface area contributed by atoms with Crippen molar-refractivity contribution < 1.29 is 17.9 Å². The van der Waals surface area contributed by atoms with Crippen molar-refractivity contribution in [1.29, 1.82) is 0 Å². The molecule has 23 heavy (non-hydrogen) atoms. The lowest BCUT2D eigenvalue weighted by Crippen LogP contribution is -2.05. The van der Waals surface area contributed by atoms with Gasteiger partial charge in [0.1, 0.15) is 0 Å². The molecule has 2 atom stereocenters. The molecule has 2 aromatic rings. The second-order valence-electron chi connectivity index (χ2n) is 5.37. The number of halogens is 4. The molecule has 122 valence electrons. The predicted molar refractivity (Wildman–Crippen MR) is 85.9 cm³/mol. The third kappa shape index (κ3) is 4.22. The van der Waals surface area contributed by atoms with Crippen LogP contribution in [0.25, 0.3) is 0 Å². The fourth-order valence-electron chi connectivity index (χ4n) is 2.53. The molecule has 2 aromatic carbocycles. The minimum Gasteiger partial charge on any atom is -0.372 e. The first-order valence-corrected chi connectivity index (χ1v) is 8.38. The van der Waals surface area contributed by atoms with E-state index in [4.69, 9.17) is 16.3 Å². The van der Waals surface area contributed by atoms with Crippen molar-refractivity contribution in [3.63, 3.8) is 0 Å². The molecular formula is C17H14ClF3OS. The molecule has 0 aliphatic carbocycles. The largest absolute Gasteiger partial charge is 0.416 e. The molecule has 0 radical (unpaired) electrons. The minimum absolute atomic E-state index is 0.0319. The molecule has 3 rings (SSSR count). The summed E-state index contributed by atoms with van der Waals surface area (Å²) in [7, 11) is 0. The maximum absolute atomic E-state index is 12.8. The Hall–Kier alpha value is -1.17. The van der Waals surface area contributed by atoms with Crippen molar-refractivity contribution in [2.24, 2.45) is 0 Å². The van der Waals surface area contributed by atoms with Crippen LogP contribution in [0.2, 0.25) is 5.02 Å². The Morgan fingerprint density at radius 3 is 2.52 bits per heavy atom. The number of thioether (sulfide) groups is 1. The van der Waals surface area contributed by atoms with E-state index in [-0.39, 0.29) is 11.4 Å². The number of ether oxygens (including phenoxy) is 1. The third-order valence-corrected chi connectivity index (χ3v) is 5.11. The van der Waals surface area contributed by atoms with E-state index in [0.717, 1.165) is 18.1 Å². The number of rotatable bonds is 3. The van der Waals surface area contributed by atoms with E-state index in [1.165, 1.54) is 23.9 Å². The zero-order valence-electron chi connectivity index (χ0n) is 12.0. The van der Waals surface area contributed by atoms with Gasteiger partial charge in [-0.1, -0.05) is 29.8 Å². The molecule has 1 aliphatic heterocycles. The first kappa shape index (κ1) is 16.7. The smallest absolute Gasteiger partial charge is 0.372 e. The van der Waals surface area contributed by atoms with E-state index < -0.39 is 11.7 Å². The van der Waals surface area contributed by atoms with Gasteiger partial charge in [-0.2, -0.15) is 13.2 Å². The van der Waals surface area contributed by atoms with Gasteiger partial charge in [-0.05, 0) is 42.3 Å². The first-order valence-electron chi connectivity index (χ1n) is 7.13. The van der Waals surface area contributed by atoms with E-state index in [1.807, 2.05) is 24.3 Å².